The van der Waals surface area contributed by atoms with Gasteiger partial charge in [-0.3, -0.25) is 10.2 Å². The fourth-order valence-corrected chi connectivity index (χ4v) is 1.53. The van der Waals surface area contributed by atoms with Crippen LogP contribution in [0.3, 0.4) is 0 Å². The number of rotatable bonds is 0. The summed E-state index contributed by atoms with van der Waals surface area (Å²) in [6.45, 7) is 0.777. The van der Waals surface area contributed by atoms with Crippen molar-refractivity contribution in [2.75, 3.05) is 6.54 Å². The van der Waals surface area contributed by atoms with Crippen molar-refractivity contribution < 1.29 is 4.79 Å². The van der Waals surface area contributed by atoms with Crippen LogP contribution in [0.2, 0.25) is 0 Å². The second kappa shape index (κ2) is 5.28. The SMILES string of the molecule is O=C1CCNN1.c1ccc2ccccc2c1. The van der Waals surface area contributed by atoms with Crippen molar-refractivity contribution in [1.82, 2.24) is 10.9 Å². The van der Waals surface area contributed by atoms with Gasteiger partial charge < -0.3 is 0 Å². The molecule has 1 fully saturated rings. The summed E-state index contributed by atoms with van der Waals surface area (Å²) >= 11 is 0. The summed E-state index contributed by atoms with van der Waals surface area (Å²) in [6.07, 6.45) is 0.625. The van der Waals surface area contributed by atoms with Crippen molar-refractivity contribution in [1.29, 1.82) is 0 Å². The Bertz CT molecular complexity index is 409. The van der Waals surface area contributed by atoms with E-state index in [9.17, 15) is 4.79 Å². The topological polar surface area (TPSA) is 41.1 Å². The third-order valence-electron chi connectivity index (χ3n) is 2.36. The lowest BCUT2D eigenvalue weighted by atomic mass is 10.1. The van der Waals surface area contributed by atoms with Crippen molar-refractivity contribution in [2.24, 2.45) is 0 Å². The van der Waals surface area contributed by atoms with Gasteiger partial charge in [0, 0.05) is 13.0 Å². The smallest absolute Gasteiger partial charge is 0.235 e. The van der Waals surface area contributed by atoms with Crippen LogP contribution in [0.4, 0.5) is 0 Å². The predicted octanol–water partition coefficient (Wildman–Crippen LogP) is 1.85. The molecule has 1 amide bonds. The Morgan fingerprint density at radius 2 is 1.38 bits per heavy atom. The molecule has 2 aromatic rings. The fourth-order valence-electron chi connectivity index (χ4n) is 1.53. The number of fused-ring (bicyclic) bond motifs is 1. The molecule has 3 nitrogen and oxygen atoms in total. The molecule has 0 aromatic heterocycles. The van der Waals surface area contributed by atoms with Crippen LogP contribution in [0.5, 0.6) is 0 Å². The lowest BCUT2D eigenvalue weighted by molar-refractivity contribution is -0.119. The Labute approximate surface area is 94.4 Å². The molecular formula is C13H14N2O. The van der Waals surface area contributed by atoms with Gasteiger partial charge in [0.05, 0.1) is 0 Å². The van der Waals surface area contributed by atoms with E-state index in [1.54, 1.807) is 0 Å². The molecule has 0 saturated carbocycles. The van der Waals surface area contributed by atoms with Gasteiger partial charge in [0.15, 0.2) is 0 Å². The number of nitrogens with one attached hydrogen (secondary N) is 2. The highest BCUT2D eigenvalue weighted by atomic mass is 16.2. The first-order valence-corrected chi connectivity index (χ1v) is 5.32. The Morgan fingerprint density at radius 3 is 1.62 bits per heavy atom. The van der Waals surface area contributed by atoms with Gasteiger partial charge in [-0.2, -0.15) is 0 Å². The number of carbonyl (C=O) groups excluding carboxylic acids is 1. The first-order chi connectivity index (χ1) is 7.86. The van der Waals surface area contributed by atoms with E-state index in [0.717, 1.165) is 6.54 Å². The second-order valence-electron chi connectivity index (χ2n) is 3.57. The van der Waals surface area contributed by atoms with E-state index in [0.29, 0.717) is 6.42 Å². The molecule has 2 aromatic carbocycles. The quantitative estimate of drug-likeness (QED) is 0.702. The van der Waals surface area contributed by atoms with Gasteiger partial charge >= 0.3 is 0 Å². The maximum absolute atomic E-state index is 10.1. The van der Waals surface area contributed by atoms with E-state index in [1.807, 2.05) is 0 Å². The molecule has 0 radical (unpaired) electrons. The standard InChI is InChI=1S/C10H8.C3H6N2O/c1-2-6-10-8-4-3-7-9(10)5-1;6-3-1-2-4-5-3/h1-8H;4H,1-2H2,(H,5,6). The number of carbonyl (C=O) groups is 1. The minimum atomic E-state index is 0.0926. The van der Waals surface area contributed by atoms with Crippen molar-refractivity contribution in [2.45, 2.75) is 6.42 Å². The Balaban J connectivity index is 0.000000138. The van der Waals surface area contributed by atoms with Crippen LogP contribution < -0.4 is 10.9 Å². The average molecular weight is 214 g/mol. The second-order valence-corrected chi connectivity index (χ2v) is 3.57. The molecule has 0 spiro atoms. The maximum atomic E-state index is 10.1. The third-order valence-corrected chi connectivity index (χ3v) is 2.36. The summed E-state index contributed by atoms with van der Waals surface area (Å²) in [6, 6.07) is 16.7. The highest BCUT2D eigenvalue weighted by Crippen LogP contribution is 2.11. The molecule has 2 N–H and O–H groups in total. The highest BCUT2D eigenvalue weighted by Gasteiger charge is 2.04. The number of hydrogen-bond acceptors (Lipinski definition) is 2. The average Bonchev–Trinajstić information content (AvgIpc) is 2.81. The monoisotopic (exact) mass is 214 g/mol. The van der Waals surface area contributed by atoms with Crippen LogP contribution in [0.25, 0.3) is 10.8 Å². The molecule has 0 aliphatic carbocycles. The van der Waals surface area contributed by atoms with E-state index >= 15 is 0 Å². The van der Waals surface area contributed by atoms with E-state index in [2.05, 4.69) is 59.4 Å². The van der Waals surface area contributed by atoms with Crippen LogP contribution >= 0.6 is 0 Å². The van der Waals surface area contributed by atoms with Gasteiger partial charge in [-0.05, 0) is 10.8 Å². The predicted molar refractivity (Wildman–Crippen MR) is 64.7 cm³/mol. The zero-order valence-corrected chi connectivity index (χ0v) is 8.94. The molecule has 16 heavy (non-hydrogen) atoms. The lowest BCUT2D eigenvalue weighted by Gasteiger charge is -1.92. The molecule has 3 heteroatoms. The van der Waals surface area contributed by atoms with Crippen molar-refractivity contribution in [3.63, 3.8) is 0 Å². The highest BCUT2D eigenvalue weighted by molar-refractivity contribution is 5.82. The number of amides is 1. The molecule has 3 rings (SSSR count). The summed E-state index contributed by atoms with van der Waals surface area (Å²) in [5.74, 6) is 0.0926. The lowest BCUT2D eigenvalue weighted by Crippen LogP contribution is -2.25. The molecule has 1 heterocycles. The zero-order valence-electron chi connectivity index (χ0n) is 8.94. The molecular weight excluding hydrogens is 200 g/mol. The zero-order chi connectivity index (χ0) is 11.2. The van der Waals surface area contributed by atoms with E-state index in [4.69, 9.17) is 0 Å². The van der Waals surface area contributed by atoms with E-state index in [1.165, 1.54) is 10.8 Å². The van der Waals surface area contributed by atoms with Gasteiger partial charge in [-0.25, -0.2) is 5.43 Å². The van der Waals surface area contributed by atoms with E-state index < -0.39 is 0 Å². The fraction of sp³-hybridized carbons (Fsp3) is 0.154. The summed E-state index contributed by atoms with van der Waals surface area (Å²) in [5, 5.41) is 2.62. The van der Waals surface area contributed by atoms with Crippen LogP contribution in [-0.2, 0) is 4.79 Å². The minimum Gasteiger partial charge on any atom is -0.292 e. The Hall–Kier alpha value is -1.87. The largest absolute Gasteiger partial charge is 0.292 e. The van der Waals surface area contributed by atoms with Gasteiger partial charge in [0.1, 0.15) is 0 Å². The molecule has 1 aliphatic heterocycles. The first-order valence-electron chi connectivity index (χ1n) is 5.32. The summed E-state index contributed by atoms with van der Waals surface area (Å²) < 4.78 is 0. The molecule has 0 bridgehead atoms. The summed E-state index contributed by atoms with van der Waals surface area (Å²) in [5.41, 5.74) is 5.10. The number of benzene rings is 2. The molecule has 0 atom stereocenters. The van der Waals surface area contributed by atoms with Crippen LogP contribution in [0.15, 0.2) is 48.5 Å². The van der Waals surface area contributed by atoms with Crippen molar-refractivity contribution >= 4 is 16.7 Å². The minimum absolute atomic E-state index is 0.0926. The van der Waals surface area contributed by atoms with Gasteiger partial charge in [0.2, 0.25) is 5.91 Å². The summed E-state index contributed by atoms with van der Waals surface area (Å²) in [4.78, 5) is 10.1. The number of hydrazine groups is 1. The molecule has 82 valence electrons. The normalized spacial score (nSPS) is 14.1. The first kappa shape index (κ1) is 10.6. The maximum Gasteiger partial charge on any atom is 0.235 e. The molecule has 1 aliphatic rings. The van der Waals surface area contributed by atoms with Crippen LogP contribution in [0.1, 0.15) is 6.42 Å². The van der Waals surface area contributed by atoms with Gasteiger partial charge in [0.25, 0.3) is 0 Å². The van der Waals surface area contributed by atoms with Crippen LogP contribution in [-0.4, -0.2) is 12.5 Å². The molecule has 0 unspecified atom stereocenters. The Morgan fingerprint density at radius 1 is 0.875 bits per heavy atom. The molecule has 1 saturated heterocycles. The third kappa shape index (κ3) is 2.81. The van der Waals surface area contributed by atoms with Gasteiger partial charge in [-0.15, -0.1) is 0 Å². The van der Waals surface area contributed by atoms with E-state index in [-0.39, 0.29) is 5.91 Å². The van der Waals surface area contributed by atoms with Crippen molar-refractivity contribution in [3.05, 3.63) is 48.5 Å². The van der Waals surface area contributed by atoms with Gasteiger partial charge in [-0.1, -0.05) is 48.5 Å². The summed E-state index contributed by atoms with van der Waals surface area (Å²) in [7, 11) is 0. The number of hydrogen-bond donors (Lipinski definition) is 2. The van der Waals surface area contributed by atoms with Crippen molar-refractivity contribution in [3.8, 4) is 0 Å². The Kier molecular flexibility index (Phi) is 3.51. The van der Waals surface area contributed by atoms with Crippen LogP contribution in [0, 0.1) is 0 Å².